The van der Waals surface area contributed by atoms with Gasteiger partial charge in [-0.25, -0.2) is 10.3 Å². The Morgan fingerprint density at radius 2 is 1.62 bits per heavy atom. The Labute approximate surface area is 257 Å². The molecule has 0 spiro atoms. The number of likely N-dealkylation sites (tertiary alicyclic amines) is 1. The van der Waals surface area contributed by atoms with Gasteiger partial charge in [-0.2, -0.15) is 13.2 Å². The molecule has 0 aliphatic carbocycles. The van der Waals surface area contributed by atoms with Crippen LogP contribution in [0.2, 0.25) is 0 Å². The molecule has 2 atom stereocenters. The molecule has 11 nitrogen and oxygen atoms in total. The summed E-state index contributed by atoms with van der Waals surface area (Å²) in [5, 5.41) is 20.2. The second kappa shape index (κ2) is 14.8. The Morgan fingerprint density at radius 3 is 2.22 bits per heavy atom. The van der Waals surface area contributed by atoms with E-state index in [1.54, 1.807) is 28.7 Å². The summed E-state index contributed by atoms with van der Waals surface area (Å²) >= 11 is 0. The lowest BCUT2D eigenvalue weighted by molar-refractivity contribution is -0.192. The van der Waals surface area contributed by atoms with Crippen molar-refractivity contribution in [1.29, 1.82) is 0 Å². The summed E-state index contributed by atoms with van der Waals surface area (Å²) in [5.74, 6) is -4.60. The summed E-state index contributed by atoms with van der Waals surface area (Å²) in [6.45, 7) is 6.73. The van der Waals surface area contributed by atoms with Gasteiger partial charge in [0.25, 0.3) is 0 Å². The maximum absolute atomic E-state index is 13.1. The van der Waals surface area contributed by atoms with Gasteiger partial charge < -0.3 is 20.1 Å². The van der Waals surface area contributed by atoms with Crippen molar-refractivity contribution in [1.82, 2.24) is 15.4 Å². The molecule has 1 aliphatic rings. The number of carbonyl (C=O) groups is 4. The predicted octanol–water partition coefficient (Wildman–Crippen LogP) is 4.79. The minimum absolute atomic E-state index is 0.0651. The standard InChI is InChI=1S/C29H34N4O5.C2HF3O2/c1-29(2,3)16-26(34)33-15-13-21(23(17-33)28(36)32-37)27(35)31-20-10-8-19(9-11-20)18-38-25-12-14-30-24-7-5-4-6-22(24)25;3-2(4,5)1(6)7/h4-12,14,21,23,37H,13,15-18H2,1-3H3,(H,31,35)(H,32,36);(H,6,7)/t21-,23-;/m0./s1. The van der Waals surface area contributed by atoms with Crippen LogP contribution in [0.25, 0.3) is 10.9 Å². The molecule has 4 rings (SSSR count). The molecule has 1 aromatic heterocycles. The van der Waals surface area contributed by atoms with Gasteiger partial charge in [-0.05, 0) is 47.7 Å². The molecule has 45 heavy (non-hydrogen) atoms. The number of carboxylic acid groups (broad SMARTS) is 1. The molecular formula is C31H35F3N4O7. The van der Waals surface area contributed by atoms with Gasteiger partial charge >= 0.3 is 12.1 Å². The minimum atomic E-state index is -5.08. The first kappa shape index (κ1) is 34.8. The Balaban J connectivity index is 0.000000707. The number of amides is 3. The van der Waals surface area contributed by atoms with Gasteiger partial charge in [0, 0.05) is 36.8 Å². The molecule has 2 aromatic carbocycles. The first-order valence-electron chi connectivity index (χ1n) is 14.0. The highest BCUT2D eigenvalue weighted by molar-refractivity contribution is 5.96. The summed E-state index contributed by atoms with van der Waals surface area (Å²) in [5.41, 5.74) is 3.84. The van der Waals surface area contributed by atoms with E-state index in [0.717, 1.165) is 22.2 Å². The van der Waals surface area contributed by atoms with Gasteiger partial charge in [-0.15, -0.1) is 0 Å². The minimum Gasteiger partial charge on any atom is -0.488 e. The maximum Gasteiger partial charge on any atom is 0.490 e. The number of benzene rings is 2. The Kier molecular flexibility index (Phi) is 11.5. The van der Waals surface area contributed by atoms with Crippen molar-refractivity contribution in [2.24, 2.45) is 17.3 Å². The fourth-order valence-electron chi connectivity index (χ4n) is 4.68. The number of para-hydroxylation sites is 1. The number of aliphatic carboxylic acids is 1. The average Bonchev–Trinajstić information content (AvgIpc) is 2.99. The largest absolute Gasteiger partial charge is 0.490 e. The lowest BCUT2D eigenvalue weighted by atomic mass is 9.83. The smallest absolute Gasteiger partial charge is 0.488 e. The number of fused-ring (bicyclic) bond motifs is 1. The highest BCUT2D eigenvalue weighted by Gasteiger charge is 2.40. The molecule has 2 heterocycles. The number of pyridine rings is 1. The number of nitrogens with one attached hydrogen (secondary N) is 2. The lowest BCUT2D eigenvalue weighted by Crippen LogP contribution is -2.52. The molecule has 242 valence electrons. The number of alkyl halides is 3. The van der Waals surface area contributed by atoms with Crippen LogP contribution >= 0.6 is 0 Å². The van der Waals surface area contributed by atoms with Gasteiger partial charge in [0.05, 0.1) is 17.4 Å². The second-order valence-corrected chi connectivity index (χ2v) is 11.7. The number of piperidine rings is 1. The third-order valence-electron chi connectivity index (χ3n) is 6.90. The van der Waals surface area contributed by atoms with Gasteiger partial charge in [0.1, 0.15) is 12.4 Å². The van der Waals surface area contributed by atoms with Crippen molar-refractivity contribution in [2.75, 3.05) is 18.4 Å². The van der Waals surface area contributed by atoms with Crippen LogP contribution in [0.5, 0.6) is 5.75 Å². The van der Waals surface area contributed by atoms with Crippen LogP contribution in [0, 0.1) is 17.3 Å². The predicted molar refractivity (Wildman–Crippen MR) is 157 cm³/mol. The van der Waals surface area contributed by atoms with E-state index in [1.165, 1.54) is 0 Å². The van der Waals surface area contributed by atoms with Crippen LogP contribution in [0.1, 0.15) is 39.2 Å². The summed E-state index contributed by atoms with van der Waals surface area (Å²) in [6.07, 6.45) is -2.71. The first-order chi connectivity index (χ1) is 21.1. The van der Waals surface area contributed by atoms with Gasteiger partial charge in [-0.1, -0.05) is 45.0 Å². The van der Waals surface area contributed by atoms with E-state index in [2.05, 4.69) is 10.3 Å². The second-order valence-electron chi connectivity index (χ2n) is 11.7. The van der Waals surface area contributed by atoms with Crippen molar-refractivity contribution in [3.05, 3.63) is 66.4 Å². The lowest BCUT2D eigenvalue weighted by Gasteiger charge is -2.37. The third-order valence-corrected chi connectivity index (χ3v) is 6.90. The molecule has 1 saturated heterocycles. The van der Waals surface area contributed by atoms with E-state index in [4.69, 9.17) is 14.6 Å². The normalized spacial score (nSPS) is 16.6. The van der Waals surface area contributed by atoms with Crippen molar-refractivity contribution in [3.63, 3.8) is 0 Å². The van der Waals surface area contributed by atoms with Crippen molar-refractivity contribution in [2.45, 2.75) is 46.4 Å². The van der Waals surface area contributed by atoms with E-state index in [1.807, 2.05) is 63.2 Å². The van der Waals surface area contributed by atoms with E-state index in [-0.39, 0.29) is 23.8 Å². The molecule has 14 heteroatoms. The van der Waals surface area contributed by atoms with Crippen LogP contribution in [-0.4, -0.2) is 63.2 Å². The Bertz CT molecular complexity index is 1500. The van der Waals surface area contributed by atoms with E-state index in [0.29, 0.717) is 31.7 Å². The van der Waals surface area contributed by atoms with Gasteiger partial charge in [0.2, 0.25) is 17.7 Å². The Hall–Kier alpha value is -4.72. The molecule has 1 aliphatic heterocycles. The van der Waals surface area contributed by atoms with Crippen molar-refractivity contribution < 1.29 is 47.4 Å². The molecule has 0 bridgehead atoms. The number of halogens is 3. The number of ether oxygens (including phenoxy) is 1. The highest BCUT2D eigenvalue weighted by atomic mass is 19.4. The maximum atomic E-state index is 13.1. The zero-order chi connectivity index (χ0) is 33.4. The zero-order valence-electron chi connectivity index (χ0n) is 24.9. The van der Waals surface area contributed by atoms with Crippen molar-refractivity contribution >= 4 is 40.3 Å². The quantitative estimate of drug-likeness (QED) is 0.214. The molecule has 4 N–H and O–H groups in total. The van der Waals surface area contributed by atoms with Gasteiger partial charge in [-0.3, -0.25) is 24.6 Å². The summed E-state index contributed by atoms with van der Waals surface area (Å²) < 4.78 is 37.7. The summed E-state index contributed by atoms with van der Waals surface area (Å²) in [7, 11) is 0. The molecule has 0 saturated carbocycles. The first-order valence-corrected chi connectivity index (χ1v) is 14.0. The average molecular weight is 633 g/mol. The number of rotatable bonds is 7. The van der Waals surface area contributed by atoms with Crippen LogP contribution in [0.15, 0.2) is 60.8 Å². The molecule has 3 aromatic rings. The van der Waals surface area contributed by atoms with Crippen molar-refractivity contribution in [3.8, 4) is 5.75 Å². The molecule has 0 radical (unpaired) electrons. The SMILES string of the molecule is CC(C)(C)CC(=O)N1CC[C@H](C(=O)Nc2ccc(COc3ccnc4ccccc34)cc2)[C@@H](C(=O)NO)C1.O=C(O)C(F)(F)F. The molecule has 0 unspecified atom stereocenters. The number of aromatic nitrogens is 1. The third kappa shape index (κ3) is 10.2. The van der Waals surface area contributed by atoms with Crippen LogP contribution < -0.4 is 15.5 Å². The number of anilines is 1. The summed E-state index contributed by atoms with van der Waals surface area (Å²) in [6, 6.07) is 16.9. The summed E-state index contributed by atoms with van der Waals surface area (Å²) in [4.78, 5) is 53.1. The molecule has 1 fully saturated rings. The number of hydrogen-bond acceptors (Lipinski definition) is 7. The van der Waals surface area contributed by atoms with Crippen LogP contribution in [0.4, 0.5) is 18.9 Å². The number of carboxylic acids is 1. The number of nitrogens with zero attached hydrogens (tertiary/aromatic N) is 2. The number of hydrogen-bond donors (Lipinski definition) is 4. The fraction of sp³-hybridized carbons (Fsp3) is 0.387. The highest BCUT2D eigenvalue weighted by Crippen LogP contribution is 2.29. The van der Waals surface area contributed by atoms with E-state index in [9.17, 15) is 32.8 Å². The van der Waals surface area contributed by atoms with Gasteiger partial charge in [0.15, 0.2) is 0 Å². The van der Waals surface area contributed by atoms with E-state index < -0.39 is 29.9 Å². The monoisotopic (exact) mass is 632 g/mol. The number of carbonyl (C=O) groups excluding carboxylic acids is 3. The topological polar surface area (TPSA) is 158 Å². The number of hydroxylamine groups is 1. The van der Waals surface area contributed by atoms with Crippen LogP contribution in [-0.2, 0) is 25.8 Å². The Morgan fingerprint density at radius 1 is 0.978 bits per heavy atom. The molecular weight excluding hydrogens is 597 g/mol. The van der Waals surface area contributed by atoms with E-state index >= 15 is 0 Å². The zero-order valence-corrected chi connectivity index (χ0v) is 24.9. The fourth-order valence-corrected chi connectivity index (χ4v) is 4.68. The van der Waals surface area contributed by atoms with Crippen LogP contribution in [0.3, 0.4) is 0 Å². The molecule has 3 amide bonds.